The number of carbonyl (C=O) groups excluding carboxylic acids is 2. The molecule has 0 heterocycles. The second kappa shape index (κ2) is 3.32. The van der Waals surface area contributed by atoms with E-state index in [1.54, 1.807) is 19.2 Å². The van der Waals surface area contributed by atoms with Crippen molar-refractivity contribution in [1.29, 1.82) is 0 Å². The van der Waals surface area contributed by atoms with Crippen molar-refractivity contribution in [2.45, 2.75) is 12.8 Å². The van der Waals surface area contributed by atoms with Crippen LogP contribution in [0.3, 0.4) is 0 Å². The van der Waals surface area contributed by atoms with Crippen molar-refractivity contribution < 1.29 is 9.59 Å². The van der Waals surface area contributed by atoms with E-state index in [0.717, 1.165) is 0 Å². The Morgan fingerprint density at radius 3 is 3.00 bits per heavy atom. The molecule has 1 atom stereocenters. The number of rotatable bonds is 2. The maximum atomic E-state index is 10.8. The van der Waals surface area contributed by atoms with Crippen LogP contribution < -0.4 is 5.32 Å². The molecule has 1 rings (SSSR count). The topological polar surface area (TPSA) is 46.2 Å². The molecule has 3 heteroatoms. The van der Waals surface area contributed by atoms with Crippen molar-refractivity contribution in [1.82, 2.24) is 5.32 Å². The minimum absolute atomic E-state index is 0.00523. The van der Waals surface area contributed by atoms with Crippen molar-refractivity contribution in [3.63, 3.8) is 0 Å². The zero-order valence-corrected chi connectivity index (χ0v) is 6.46. The summed E-state index contributed by atoms with van der Waals surface area (Å²) in [6.45, 7) is 0. The molecule has 0 unspecified atom stereocenters. The Balaban J connectivity index is 2.35. The van der Waals surface area contributed by atoms with E-state index in [-0.39, 0.29) is 17.6 Å². The maximum Gasteiger partial charge on any atom is 0.220 e. The van der Waals surface area contributed by atoms with Crippen molar-refractivity contribution in [2.75, 3.05) is 7.05 Å². The van der Waals surface area contributed by atoms with Gasteiger partial charge in [0.05, 0.1) is 0 Å². The minimum atomic E-state index is -0.00523. The summed E-state index contributed by atoms with van der Waals surface area (Å²) in [4.78, 5) is 21.5. The molecule has 0 fully saturated rings. The summed E-state index contributed by atoms with van der Waals surface area (Å²) >= 11 is 0. The van der Waals surface area contributed by atoms with Crippen LogP contribution in [-0.4, -0.2) is 18.7 Å². The first-order valence-corrected chi connectivity index (χ1v) is 3.64. The molecule has 1 aliphatic rings. The first-order valence-electron chi connectivity index (χ1n) is 3.64. The summed E-state index contributed by atoms with van der Waals surface area (Å²) in [5.41, 5.74) is 0. The highest BCUT2D eigenvalue weighted by molar-refractivity contribution is 5.93. The van der Waals surface area contributed by atoms with Crippen LogP contribution in [0.5, 0.6) is 0 Å². The number of ketones is 1. The third-order valence-electron chi connectivity index (χ3n) is 1.74. The molecule has 0 saturated carbocycles. The number of carbonyl (C=O) groups is 2. The SMILES string of the molecule is CNC(=O)C[C@H]1C=CC(=O)C1. The molecule has 3 nitrogen and oxygen atoms in total. The van der Waals surface area contributed by atoms with Gasteiger partial charge in [0.1, 0.15) is 0 Å². The van der Waals surface area contributed by atoms with Gasteiger partial charge in [-0.1, -0.05) is 6.08 Å². The number of allylic oxidation sites excluding steroid dienone is 2. The number of hydrogen-bond donors (Lipinski definition) is 1. The van der Waals surface area contributed by atoms with Gasteiger partial charge in [-0.3, -0.25) is 9.59 Å². The fourth-order valence-electron chi connectivity index (χ4n) is 1.12. The van der Waals surface area contributed by atoms with Gasteiger partial charge in [-0.15, -0.1) is 0 Å². The average molecular weight is 153 g/mol. The first kappa shape index (κ1) is 7.98. The van der Waals surface area contributed by atoms with E-state index in [0.29, 0.717) is 12.8 Å². The third-order valence-corrected chi connectivity index (χ3v) is 1.74. The van der Waals surface area contributed by atoms with Gasteiger partial charge < -0.3 is 5.32 Å². The van der Waals surface area contributed by atoms with E-state index in [9.17, 15) is 9.59 Å². The van der Waals surface area contributed by atoms with Crippen LogP contribution in [0.4, 0.5) is 0 Å². The Morgan fingerprint density at radius 1 is 1.82 bits per heavy atom. The van der Waals surface area contributed by atoms with Crippen LogP contribution in [0.25, 0.3) is 0 Å². The predicted octanol–water partition coefficient (Wildman–Crippen LogP) is 0.268. The summed E-state index contributed by atoms with van der Waals surface area (Å²) in [6, 6.07) is 0. The van der Waals surface area contributed by atoms with E-state index >= 15 is 0 Å². The molecule has 60 valence electrons. The van der Waals surface area contributed by atoms with Crippen LogP contribution in [0.2, 0.25) is 0 Å². The zero-order valence-electron chi connectivity index (χ0n) is 6.46. The molecule has 0 aromatic rings. The second-order valence-corrected chi connectivity index (χ2v) is 2.67. The summed E-state index contributed by atoms with van der Waals surface area (Å²) < 4.78 is 0. The van der Waals surface area contributed by atoms with Gasteiger partial charge in [0.25, 0.3) is 0 Å². The van der Waals surface area contributed by atoms with Gasteiger partial charge in [0.15, 0.2) is 5.78 Å². The van der Waals surface area contributed by atoms with Crippen LogP contribution in [0.1, 0.15) is 12.8 Å². The van der Waals surface area contributed by atoms with Gasteiger partial charge in [0.2, 0.25) is 5.91 Å². The largest absolute Gasteiger partial charge is 0.359 e. The minimum Gasteiger partial charge on any atom is -0.359 e. The van der Waals surface area contributed by atoms with Crippen molar-refractivity contribution in [2.24, 2.45) is 5.92 Å². The molecule has 0 aliphatic heterocycles. The molecule has 0 radical (unpaired) electrons. The van der Waals surface area contributed by atoms with E-state index in [4.69, 9.17) is 0 Å². The molecular weight excluding hydrogens is 142 g/mol. The van der Waals surface area contributed by atoms with E-state index < -0.39 is 0 Å². The second-order valence-electron chi connectivity index (χ2n) is 2.67. The molecule has 0 aromatic heterocycles. The Morgan fingerprint density at radius 2 is 2.55 bits per heavy atom. The molecule has 1 aliphatic carbocycles. The third kappa shape index (κ3) is 2.18. The Kier molecular flexibility index (Phi) is 2.41. The molecule has 1 N–H and O–H groups in total. The van der Waals surface area contributed by atoms with Crippen LogP contribution in [-0.2, 0) is 9.59 Å². The Bertz CT molecular complexity index is 208. The molecule has 0 spiro atoms. The fourth-order valence-corrected chi connectivity index (χ4v) is 1.12. The Hall–Kier alpha value is -1.12. The molecular formula is C8H11NO2. The van der Waals surface area contributed by atoms with Gasteiger partial charge in [0, 0.05) is 19.9 Å². The summed E-state index contributed by atoms with van der Waals surface area (Å²) in [6.07, 6.45) is 4.28. The highest BCUT2D eigenvalue weighted by atomic mass is 16.1. The van der Waals surface area contributed by atoms with Crippen LogP contribution in [0, 0.1) is 5.92 Å². The zero-order chi connectivity index (χ0) is 8.27. The summed E-state index contributed by atoms with van der Waals surface area (Å²) in [5.74, 6) is 0.246. The van der Waals surface area contributed by atoms with Gasteiger partial charge >= 0.3 is 0 Å². The van der Waals surface area contributed by atoms with Crippen LogP contribution in [0.15, 0.2) is 12.2 Å². The normalized spacial score (nSPS) is 22.3. The smallest absolute Gasteiger partial charge is 0.220 e. The lowest BCUT2D eigenvalue weighted by atomic mass is 10.1. The standard InChI is InChI=1S/C8H11NO2/c1-9-8(11)5-6-2-3-7(10)4-6/h2-3,6H,4-5H2,1H3,(H,9,11)/t6-/m0/s1. The van der Waals surface area contributed by atoms with Crippen LogP contribution >= 0.6 is 0 Å². The monoisotopic (exact) mass is 153 g/mol. The maximum absolute atomic E-state index is 10.8. The highest BCUT2D eigenvalue weighted by Gasteiger charge is 2.17. The van der Waals surface area contributed by atoms with Crippen molar-refractivity contribution >= 4 is 11.7 Å². The molecule has 0 bridgehead atoms. The predicted molar refractivity (Wildman–Crippen MR) is 40.9 cm³/mol. The molecule has 0 saturated heterocycles. The lowest BCUT2D eigenvalue weighted by Gasteiger charge is -2.03. The average Bonchev–Trinajstić information content (AvgIpc) is 2.35. The highest BCUT2D eigenvalue weighted by Crippen LogP contribution is 2.17. The van der Waals surface area contributed by atoms with Crippen molar-refractivity contribution in [3.05, 3.63) is 12.2 Å². The molecule has 1 amide bonds. The summed E-state index contributed by atoms with van der Waals surface area (Å²) in [5, 5.41) is 2.52. The first-order chi connectivity index (χ1) is 5.22. The lowest BCUT2D eigenvalue weighted by Crippen LogP contribution is -2.20. The number of amides is 1. The van der Waals surface area contributed by atoms with Gasteiger partial charge in [-0.2, -0.15) is 0 Å². The Labute approximate surface area is 65.5 Å². The number of hydrogen-bond acceptors (Lipinski definition) is 2. The quantitative estimate of drug-likeness (QED) is 0.618. The van der Waals surface area contributed by atoms with Gasteiger partial charge in [-0.05, 0) is 12.0 Å². The van der Waals surface area contributed by atoms with E-state index in [2.05, 4.69) is 5.32 Å². The molecule has 11 heavy (non-hydrogen) atoms. The van der Waals surface area contributed by atoms with Gasteiger partial charge in [-0.25, -0.2) is 0 Å². The fraction of sp³-hybridized carbons (Fsp3) is 0.500. The lowest BCUT2D eigenvalue weighted by molar-refractivity contribution is -0.121. The van der Waals surface area contributed by atoms with E-state index in [1.165, 1.54) is 0 Å². The number of nitrogens with one attached hydrogen (secondary N) is 1. The van der Waals surface area contributed by atoms with E-state index in [1.807, 2.05) is 0 Å². The molecule has 0 aromatic carbocycles. The summed E-state index contributed by atoms with van der Waals surface area (Å²) in [7, 11) is 1.60. The van der Waals surface area contributed by atoms with Crippen molar-refractivity contribution in [3.8, 4) is 0 Å².